The number of hydrogen-bond donors (Lipinski definition) is 1. The smallest absolute Gasteiger partial charge is 0.231 e. The summed E-state index contributed by atoms with van der Waals surface area (Å²) < 4.78 is 11.7. The van der Waals surface area contributed by atoms with Crippen LogP contribution in [0.4, 0.5) is 0 Å². The maximum Gasteiger partial charge on any atom is 0.231 e. The lowest BCUT2D eigenvalue weighted by Gasteiger charge is -2.09. The second-order valence-corrected chi connectivity index (χ2v) is 5.57. The van der Waals surface area contributed by atoms with Crippen molar-refractivity contribution in [2.24, 2.45) is 0 Å². The van der Waals surface area contributed by atoms with Crippen LogP contribution in [0, 0.1) is 6.92 Å². The van der Waals surface area contributed by atoms with Crippen LogP contribution in [-0.2, 0) is 13.1 Å². The van der Waals surface area contributed by atoms with Gasteiger partial charge in [0.15, 0.2) is 11.5 Å². The van der Waals surface area contributed by atoms with Crippen molar-refractivity contribution in [3.8, 4) is 11.5 Å². The summed E-state index contributed by atoms with van der Waals surface area (Å²) in [5.41, 5.74) is 3.62. The molecule has 0 radical (unpaired) electrons. The zero-order chi connectivity index (χ0) is 13.9. The summed E-state index contributed by atoms with van der Waals surface area (Å²) in [5, 5.41) is 3.43. The average molecular weight is 335 g/mol. The molecule has 104 valence electrons. The Labute approximate surface area is 126 Å². The number of nitrogens with zero attached hydrogens (tertiary/aromatic N) is 1. The molecular weight excluding hydrogens is 320 g/mol. The molecule has 20 heavy (non-hydrogen) atoms. The first-order valence-corrected chi connectivity index (χ1v) is 7.21. The van der Waals surface area contributed by atoms with Gasteiger partial charge < -0.3 is 14.8 Å². The predicted octanol–water partition coefficient (Wildman–Crippen LogP) is 3.17. The Morgan fingerprint density at radius 1 is 1.30 bits per heavy atom. The molecule has 0 spiro atoms. The molecule has 0 bridgehead atoms. The van der Waals surface area contributed by atoms with Crippen molar-refractivity contribution in [3.63, 3.8) is 0 Å². The molecule has 1 N–H and O–H groups in total. The Bertz CT molecular complexity index is 631. The number of fused-ring (bicyclic) bond motifs is 1. The van der Waals surface area contributed by atoms with E-state index in [2.05, 4.69) is 39.2 Å². The van der Waals surface area contributed by atoms with Gasteiger partial charge in [0, 0.05) is 25.5 Å². The van der Waals surface area contributed by atoms with Crippen LogP contribution in [0.5, 0.6) is 11.5 Å². The van der Waals surface area contributed by atoms with Crippen LogP contribution >= 0.6 is 15.9 Å². The second kappa shape index (κ2) is 5.81. The number of pyridine rings is 1. The molecule has 0 aliphatic carbocycles. The zero-order valence-corrected chi connectivity index (χ0v) is 12.7. The normalized spacial score (nSPS) is 12.7. The van der Waals surface area contributed by atoms with Gasteiger partial charge in [-0.3, -0.25) is 4.98 Å². The van der Waals surface area contributed by atoms with E-state index in [0.717, 1.165) is 34.6 Å². The van der Waals surface area contributed by atoms with E-state index < -0.39 is 0 Å². The fourth-order valence-electron chi connectivity index (χ4n) is 2.16. The van der Waals surface area contributed by atoms with Crippen molar-refractivity contribution in [1.29, 1.82) is 0 Å². The minimum atomic E-state index is 0.293. The van der Waals surface area contributed by atoms with Crippen molar-refractivity contribution in [3.05, 3.63) is 51.8 Å². The van der Waals surface area contributed by atoms with Gasteiger partial charge in [-0.25, -0.2) is 0 Å². The monoisotopic (exact) mass is 334 g/mol. The number of ether oxygens (including phenoxy) is 2. The Morgan fingerprint density at radius 2 is 2.20 bits per heavy atom. The van der Waals surface area contributed by atoms with E-state index in [1.807, 2.05) is 24.5 Å². The van der Waals surface area contributed by atoms with E-state index in [-0.39, 0.29) is 0 Å². The standard InChI is InChI=1S/C15H15BrN2O2/c1-10-6-17-3-2-12(10)8-18-7-11-4-13(16)15-14(5-11)19-9-20-15/h2-6,18H,7-9H2,1H3. The van der Waals surface area contributed by atoms with Crippen molar-refractivity contribution >= 4 is 15.9 Å². The Hall–Kier alpha value is -1.59. The van der Waals surface area contributed by atoms with Crippen LogP contribution < -0.4 is 14.8 Å². The molecule has 0 saturated carbocycles. The maximum absolute atomic E-state index is 5.42. The van der Waals surface area contributed by atoms with Crippen LogP contribution in [0.25, 0.3) is 0 Å². The number of benzene rings is 1. The number of aromatic nitrogens is 1. The minimum absolute atomic E-state index is 0.293. The molecule has 2 heterocycles. The van der Waals surface area contributed by atoms with Crippen molar-refractivity contribution in [2.45, 2.75) is 20.0 Å². The van der Waals surface area contributed by atoms with Crippen molar-refractivity contribution < 1.29 is 9.47 Å². The summed E-state index contributed by atoms with van der Waals surface area (Å²) in [6, 6.07) is 6.11. The molecule has 1 aromatic carbocycles. The first-order valence-electron chi connectivity index (χ1n) is 6.42. The van der Waals surface area contributed by atoms with Gasteiger partial charge in [0.25, 0.3) is 0 Å². The molecule has 1 aromatic heterocycles. The minimum Gasteiger partial charge on any atom is -0.454 e. The lowest BCUT2D eigenvalue weighted by molar-refractivity contribution is 0.173. The Morgan fingerprint density at radius 3 is 3.05 bits per heavy atom. The summed E-state index contributed by atoms with van der Waals surface area (Å²) in [7, 11) is 0. The summed E-state index contributed by atoms with van der Waals surface area (Å²) in [5.74, 6) is 1.59. The van der Waals surface area contributed by atoms with Gasteiger partial charge in [-0.2, -0.15) is 0 Å². The summed E-state index contributed by atoms with van der Waals surface area (Å²) >= 11 is 3.51. The molecule has 0 fully saturated rings. The Kier molecular flexibility index (Phi) is 3.89. The van der Waals surface area contributed by atoms with Crippen LogP contribution in [0.2, 0.25) is 0 Å². The maximum atomic E-state index is 5.42. The number of aryl methyl sites for hydroxylation is 1. The SMILES string of the molecule is Cc1cnccc1CNCc1cc(Br)c2c(c1)OCO2. The van der Waals surface area contributed by atoms with E-state index in [9.17, 15) is 0 Å². The third-order valence-corrected chi connectivity index (χ3v) is 3.86. The Balaban J connectivity index is 1.65. The molecule has 2 aromatic rings. The molecule has 0 unspecified atom stereocenters. The fraction of sp³-hybridized carbons (Fsp3) is 0.267. The van der Waals surface area contributed by atoms with Crippen molar-refractivity contribution in [2.75, 3.05) is 6.79 Å². The average Bonchev–Trinajstić information content (AvgIpc) is 2.90. The topological polar surface area (TPSA) is 43.4 Å². The van der Waals surface area contributed by atoms with E-state index >= 15 is 0 Å². The van der Waals surface area contributed by atoms with E-state index in [4.69, 9.17) is 9.47 Å². The fourth-order valence-corrected chi connectivity index (χ4v) is 2.77. The van der Waals surface area contributed by atoms with Crippen LogP contribution in [0.15, 0.2) is 35.1 Å². The highest BCUT2D eigenvalue weighted by Crippen LogP contribution is 2.39. The molecule has 1 aliphatic heterocycles. The first-order chi connectivity index (χ1) is 9.74. The highest BCUT2D eigenvalue weighted by atomic mass is 79.9. The number of halogens is 1. The van der Waals surface area contributed by atoms with E-state index in [0.29, 0.717) is 6.79 Å². The van der Waals surface area contributed by atoms with Crippen LogP contribution in [0.1, 0.15) is 16.7 Å². The van der Waals surface area contributed by atoms with Gasteiger partial charge in [-0.05, 0) is 57.7 Å². The third kappa shape index (κ3) is 2.78. The summed E-state index contributed by atoms with van der Waals surface area (Å²) in [6.07, 6.45) is 3.70. The summed E-state index contributed by atoms with van der Waals surface area (Å²) in [4.78, 5) is 4.10. The number of hydrogen-bond acceptors (Lipinski definition) is 4. The first kappa shape index (κ1) is 13.4. The zero-order valence-electron chi connectivity index (χ0n) is 11.1. The van der Waals surface area contributed by atoms with Gasteiger partial charge in [0.2, 0.25) is 6.79 Å². The molecule has 4 nitrogen and oxygen atoms in total. The molecule has 0 amide bonds. The van der Waals surface area contributed by atoms with Gasteiger partial charge in [0.1, 0.15) is 0 Å². The molecule has 1 aliphatic rings. The quantitative estimate of drug-likeness (QED) is 0.932. The molecular formula is C15H15BrN2O2. The predicted molar refractivity (Wildman–Crippen MR) is 79.8 cm³/mol. The van der Waals surface area contributed by atoms with E-state index in [1.165, 1.54) is 11.1 Å². The molecule has 3 rings (SSSR count). The largest absolute Gasteiger partial charge is 0.454 e. The lowest BCUT2D eigenvalue weighted by Crippen LogP contribution is -2.13. The van der Waals surface area contributed by atoms with Gasteiger partial charge in [-0.1, -0.05) is 0 Å². The van der Waals surface area contributed by atoms with Gasteiger partial charge >= 0.3 is 0 Å². The van der Waals surface area contributed by atoms with Gasteiger partial charge in [-0.15, -0.1) is 0 Å². The number of nitrogens with one attached hydrogen (secondary N) is 1. The molecule has 5 heteroatoms. The van der Waals surface area contributed by atoms with Crippen molar-refractivity contribution in [1.82, 2.24) is 10.3 Å². The van der Waals surface area contributed by atoms with E-state index in [1.54, 1.807) is 0 Å². The highest BCUT2D eigenvalue weighted by Gasteiger charge is 2.17. The second-order valence-electron chi connectivity index (χ2n) is 4.72. The number of rotatable bonds is 4. The highest BCUT2D eigenvalue weighted by molar-refractivity contribution is 9.10. The lowest BCUT2D eigenvalue weighted by atomic mass is 10.1. The summed E-state index contributed by atoms with van der Waals surface area (Å²) in [6.45, 7) is 3.96. The molecule has 0 saturated heterocycles. The third-order valence-electron chi connectivity index (χ3n) is 3.27. The van der Waals surface area contributed by atoms with Crippen LogP contribution in [0.3, 0.4) is 0 Å². The molecule has 0 atom stereocenters. The van der Waals surface area contributed by atoms with Gasteiger partial charge in [0.05, 0.1) is 4.47 Å². The van der Waals surface area contributed by atoms with Crippen LogP contribution in [-0.4, -0.2) is 11.8 Å².